The van der Waals surface area contributed by atoms with Crippen LogP contribution in [0.15, 0.2) is 105 Å². The number of nitrogens with zero attached hydrogens (tertiary/aromatic N) is 3. The lowest BCUT2D eigenvalue weighted by atomic mass is 10.2. The molecule has 0 amide bonds. The quantitative estimate of drug-likeness (QED) is 0.257. The zero-order valence-electron chi connectivity index (χ0n) is 12.8. The summed E-state index contributed by atoms with van der Waals surface area (Å²) in [7, 11) is 0. The second-order valence-corrected chi connectivity index (χ2v) is 5.87. The Bertz CT molecular complexity index is 828. The summed E-state index contributed by atoms with van der Waals surface area (Å²) in [5.74, 6) is 0.509. The normalized spacial score (nSPS) is 11.6. The van der Waals surface area contributed by atoms with Gasteiger partial charge in [0.15, 0.2) is 0 Å². The fourth-order valence-electron chi connectivity index (χ4n) is 1.97. The summed E-state index contributed by atoms with van der Waals surface area (Å²) >= 11 is 3.44. The lowest BCUT2D eigenvalue weighted by Crippen LogP contribution is -2.01. The zero-order chi connectivity index (χ0) is 16.6. The Morgan fingerprint density at radius 3 is 2.04 bits per heavy atom. The van der Waals surface area contributed by atoms with Crippen LogP contribution in [0.25, 0.3) is 0 Å². The molecule has 3 aromatic carbocycles. The number of nitrogens with one attached hydrogen (secondary N) is 1. The number of hydrogen-bond acceptors (Lipinski definition) is 3. The molecule has 118 valence electrons. The van der Waals surface area contributed by atoms with Crippen LogP contribution in [0.4, 0.5) is 11.4 Å². The van der Waals surface area contributed by atoms with Crippen molar-refractivity contribution in [1.29, 1.82) is 0 Å². The molecule has 0 aliphatic heterocycles. The van der Waals surface area contributed by atoms with E-state index in [1.165, 1.54) is 0 Å². The van der Waals surface area contributed by atoms with Gasteiger partial charge < -0.3 is 0 Å². The number of anilines is 1. The van der Waals surface area contributed by atoms with Crippen LogP contribution in [-0.4, -0.2) is 5.84 Å². The second kappa shape index (κ2) is 8.17. The molecule has 3 aromatic rings. The lowest BCUT2D eigenvalue weighted by molar-refractivity contribution is 1.22. The largest absolute Gasteiger partial charge is 0.276 e. The summed E-state index contributed by atoms with van der Waals surface area (Å²) < 4.78 is 1.00. The van der Waals surface area contributed by atoms with Crippen molar-refractivity contribution in [2.24, 2.45) is 15.3 Å². The number of amidine groups is 1. The van der Waals surface area contributed by atoms with Crippen LogP contribution in [-0.2, 0) is 0 Å². The van der Waals surface area contributed by atoms with Gasteiger partial charge in [0, 0.05) is 10.0 Å². The van der Waals surface area contributed by atoms with E-state index in [1.807, 2.05) is 84.9 Å². The molecular formula is C19H15BrN4. The molecule has 0 aliphatic carbocycles. The van der Waals surface area contributed by atoms with E-state index in [2.05, 4.69) is 36.7 Å². The van der Waals surface area contributed by atoms with Crippen molar-refractivity contribution in [3.05, 3.63) is 95.0 Å². The van der Waals surface area contributed by atoms with Crippen LogP contribution in [0, 0.1) is 0 Å². The third-order valence-corrected chi connectivity index (χ3v) is 3.71. The van der Waals surface area contributed by atoms with Crippen LogP contribution in [0.3, 0.4) is 0 Å². The number of hydrogen-bond donors (Lipinski definition) is 1. The van der Waals surface area contributed by atoms with Gasteiger partial charge in [-0.3, -0.25) is 5.43 Å². The van der Waals surface area contributed by atoms with Gasteiger partial charge in [-0.25, -0.2) is 0 Å². The Balaban J connectivity index is 1.88. The minimum Gasteiger partial charge on any atom is -0.276 e. The summed E-state index contributed by atoms with van der Waals surface area (Å²) in [6.45, 7) is 0. The van der Waals surface area contributed by atoms with Gasteiger partial charge in [0.1, 0.15) is 0 Å². The number of rotatable bonds is 4. The Kier molecular flexibility index (Phi) is 5.48. The molecule has 3 rings (SSSR count). The fourth-order valence-corrected chi connectivity index (χ4v) is 2.24. The van der Waals surface area contributed by atoms with E-state index < -0.39 is 0 Å². The highest BCUT2D eigenvalue weighted by molar-refractivity contribution is 9.10. The first kappa shape index (κ1) is 16.1. The van der Waals surface area contributed by atoms with Crippen molar-refractivity contribution in [2.75, 3.05) is 5.43 Å². The summed E-state index contributed by atoms with van der Waals surface area (Å²) in [6, 6.07) is 27.1. The van der Waals surface area contributed by atoms with Crippen molar-refractivity contribution < 1.29 is 0 Å². The van der Waals surface area contributed by atoms with E-state index in [1.54, 1.807) is 0 Å². The Morgan fingerprint density at radius 1 is 0.750 bits per heavy atom. The standard InChI is InChI=1S/C19H15BrN4/c20-16-13-11-15(12-14-16)19(23-21-17-7-3-1-4-8-17)24-22-18-9-5-2-6-10-18/h1-14,21H/b23-19-,24-22?. The summed E-state index contributed by atoms with van der Waals surface area (Å²) in [5.41, 5.74) is 5.56. The molecule has 0 saturated heterocycles. The van der Waals surface area contributed by atoms with E-state index >= 15 is 0 Å². The highest BCUT2D eigenvalue weighted by Crippen LogP contribution is 2.15. The first-order valence-electron chi connectivity index (χ1n) is 7.43. The molecule has 0 unspecified atom stereocenters. The molecule has 0 aromatic heterocycles. The maximum Gasteiger partial charge on any atom is 0.201 e. The van der Waals surface area contributed by atoms with Gasteiger partial charge in [-0.2, -0.15) is 5.10 Å². The number of halogens is 1. The third-order valence-electron chi connectivity index (χ3n) is 3.18. The van der Waals surface area contributed by atoms with Crippen LogP contribution in [0.5, 0.6) is 0 Å². The Labute approximate surface area is 149 Å². The molecule has 0 atom stereocenters. The zero-order valence-corrected chi connectivity index (χ0v) is 14.4. The first-order valence-corrected chi connectivity index (χ1v) is 8.22. The maximum absolute atomic E-state index is 4.40. The van der Waals surface area contributed by atoms with Gasteiger partial charge in [-0.05, 0) is 48.5 Å². The number of hydrazone groups is 1. The van der Waals surface area contributed by atoms with Gasteiger partial charge in [-0.1, -0.05) is 52.3 Å². The van der Waals surface area contributed by atoms with Gasteiger partial charge in [0.2, 0.25) is 5.84 Å². The van der Waals surface area contributed by atoms with Crippen LogP contribution in [0.1, 0.15) is 5.56 Å². The third kappa shape index (κ3) is 4.60. The average Bonchev–Trinajstić information content (AvgIpc) is 2.64. The molecule has 0 saturated carbocycles. The van der Waals surface area contributed by atoms with Gasteiger partial charge in [0.05, 0.1) is 11.4 Å². The topological polar surface area (TPSA) is 49.1 Å². The smallest absolute Gasteiger partial charge is 0.201 e. The number of azo groups is 1. The molecule has 24 heavy (non-hydrogen) atoms. The second-order valence-electron chi connectivity index (χ2n) is 4.96. The molecular weight excluding hydrogens is 364 g/mol. The molecule has 5 heteroatoms. The van der Waals surface area contributed by atoms with Crippen molar-refractivity contribution in [3.63, 3.8) is 0 Å². The molecule has 0 radical (unpaired) electrons. The fraction of sp³-hybridized carbons (Fsp3) is 0. The first-order chi connectivity index (χ1) is 11.8. The molecule has 0 heterocycles. The van der Waals surface area contributed by atoms with Gasteiger partial charge in [-0.15, -0.1) is 10.2 Å². The summed E-state index contributed by atoms with van der Waals surface area (Å²) in [5, 5.41) is 13.0. The minimum atomic E-state index is 0.509. The predicted octanol–water partition coefficient (Wildman–Crippen LogP) is 6.01. The Hall–Kier alpha value is -2.79. The van der Waals surface area contributed by atoms with E-state index in [4.69, 9.17) is 0 Å². The number of para-hydroxylation sites is 1. The molecule has 0 bridgehead atoms. The minimum absolute atomic E-state index is 0.509. The lowest BCUT2D eigenvalue weighted by Gasteiger charge is -2.03. The van der Waals surface area contributed by atoms with Crippen LogP contribution >= 0.6 is 15.9 Å². The van der Waals surface area contributed by atoms with Crippen LogP contribution < -0.4 is 5.43 Å². The van der Waals surface area contributed by atoms with Gasteiger partial charge >= 0.3 is 0 Å². The van der Waals surface area contributed by atoms with Crippen LogP contribution in [0.2, 0.25) is 0 Å². The molecule has 4 nitrogen and oxygen atoms in total. The SMILES string of the molecule is Brc1ccc(/C(N=Nc2ccccc2)=N/Nc2ccccc2)cc1. The van der Waals surface area contributed by atoms with E-state index in [9.17, 15) is 0 Å². The Morgan fingerprint density at radius 2 is 1.38 bits per heavy atom. The van der Waals surface area contributed by atoms with E-state index in [0.29, 0.717) is 5.84 Å². The highest BCUT2D eigenvalue weighted by Gasteiger charge is 2.03. The highest BCUT2D eigenvalue weighted by atomic mass is 79.9. The monoisotopic (exact) mass is 378 g/mol. The van der Waals surface area contributed by atoms with Gasteiger partial charge in [0.25, 0.3) is 0 Å². The molecule has 0 spiro atoms. The van der Waals surface area contributed by atoms with Crippen molar-refractivity contribution >= 4 is 33.1 Å². The molecule has 0 fully saturated rings. The van der Waals surface area contributed by atoms with E-state index in [0.717, 1.165) is 21.4 Å². The summed E-state index contributed by atoms with van der Waals surface area (Å²) in [6.07, 6.45) is 0. The average molecular weight is 379 g/mol. The van der Waals surface area contributed by atoms with Crippen molar-refractivity contribution in [2.45, 2.75) is 0 Å². The maximum atomic E-state index is 4.40. The summed E-state index contributed by atoms with van der Waals surface area (Å²) in [4.78, 5) is 0. The van der Waals surface area contributed by atoms with Crippen molar-refractivity contribution in [3.8, 4) is 0 Å². The predicted molar refractivity (Wildman–Crippen MR) is 102 cm³/mol. The van der Waals surface area contributed by atoms with E-state index in [-0.39, 0.29) is 0 Å². The molecule has 0 aliphatic rings. The number of benzene rings is 3. The van der Waals surface area contributed by atoms with Crippen molar-refractivity contribution in [1.82, 2.24) is 0 Å². The molecule has 1 N–H and O–H groups in total.